The molecule has 2 aromatic heterocycles. The van der Waals surface area contributed by atoms with Crippen LogP contribution < -0.4 is 9.64 Å². The van der Waals surface area contributed by atoms with Gasteiger partial charge in [-0.15, -0.1) is 0 Å². The minimum absolute atomic E-state index is 0.258. The van der Waals surface area contributed by atoms with Crippen LogP contribution in [0.5, 0.6) is 5.75 Å². The second-order valence-corrected chi connectivity index (χ2v) is 7.61. The standard InChI is InChI=1S/C22H22FN5O/c1-29-19-10-14(9-18(20(19)23)28-7-2-3-8-28)16-11-17(16)15-12-26-22(27-13-15)21-24-5-4-6-25-21/h4-6,9-10,12-13,16-17H,2-3,7-8,11H2,1H3/t16-,17+/m1/s1. The van der Waals surface area contributed by atoms with Gasteiger partial charge in [-0.1, -0.05) is 0 Å². The second kappa shape index (κ2) is 7.39. The Kier molecular flexibility index (Phi) is 4.58. The second-order valence-electron chi connectivity index (χ2n) is 7.61. The molecule has 2 fully saturated rings. The van der Waals surface area contributed by atoms with Gasteiger partial charge in [-0.2, -0.15) is 0 Å². The third kappa shape index (κ3) is 3.41. The van der Waals surface area contributed by atoms with E-state index in [0.717, 1.165) is 43.5 Å². The summed E-state index contributed by atoms with van der Waals surface area (Å²) in [5.41, 5.74) is 2.86. The van der Waals surface area contributed by atoms with Crippen molar-refractivity contribution in [1.29, 1.82) is 0 Å². The third-order valence-electron chi connectivity index (χ3n) is 5.79. The molecule has 0 spiro atoms. The summed E-state index contributed by atoms with van der Waals surface area (Å²) >= 11 is 0. The molecule has 0 bridgehead atoms. The van der Waals surface area contributed by atoms with Crippen molar-refractivity contribution in [2.45, 2.75) is 31.1 Å². The normalized spacial score (nSPS) is 20.7. The number of methoxy groups -OCH3 is 1. The lowest BCUT2D eigenvalue weighted by Crippen LogP contribution is -2.19. The Morgan fingerprint density at radius 2 is 1.59 bits per heavy atom. The number of aromatic nitrogens is 4. The van der Waals surface area contributed by atoms with E-state index in [1.54, 1.807) is 18.5 Å². The summed E-state index contributed by atoms with van der Waals surface area (Å²) in [6.07, 6.45) is 10.3. The summed E-state index contributed by atoms with van der Waals surface area (Å²) in [7, 11) is 1.53. The zero-order valence-electron chi connectivity index (χ0n) is 16.3. The molecule has 29 heavy (non-hydrogen) atoms. The molecule has 7 heteroatoms. The number of hydrogen-bond acceptors (Lipinski definition) is 6. The van der Waals surface area contributed by atoms with Crippen LogP contribution in [0.1, 0.15) is 42.2 Å². The van der Waals surface area contributed by atoms with Crippen molar-refractivity contribution in [3.63, 3.8) is 0 Å². The van der Waals surface area contributed by atoms with Gasteiger partial charge in [0.05, 0.1) is 12.8 Å². The van der Waals surface area contributed by atoms with E-state index in [2.05, 4.69) is 24.8 Å². The fraction of sp³-hybridized carbons (Fsp3) is 0.364. The smallest absolute Gasteiger partial charge is 0.197 e. The molecule has 0 amide bonds. The molecule has 2 atom stereocenters. The van der Waals surface area contributed by atoms with E-state index in [0.29, 0.717) is 34.9 Å². The van der Waals surface area contributed by atoms with Crippen LogP contribution in [0.15, 0.2) is 43.0 Å². The molecule has 3 aromatic rings. The lowest BCUT2D eigenvalue weighted by atomic mass is 10.0. The molecule has 1 saturated carbocycles. The van der Waals surface area contributed by atoms with Crippen LogP contribution in [0.2, 0.25) is 0 Å². The molecular weight excluding hydrogens is 369 g/mol. The monoisotopic (exact) mass is 391 g/mol. The van der Waals surface area contributed by atoms with E-state index in [-0.39, 0.29) is 5.82 Å². The lowest BCUT2D eigenvalue weighted by molar-refractivity contribution is 0.386. The van der Waals surface area contributed by atoms with E-state index in [1.165, 1.54) is 7.11 Å². The number of hydrogen-bond donors (Lipinski definition) is 0. The van der Waals surface area contributed by atoms with Gasteiger partial charge in [-0.3, -0.25) is 0 Å². The zero-order valence-corrected chi connectivity index (χ0v) is 16.3. The Balaban J connectivity index is 1.39. The minimum Gasteiger partial charge on any atom is -0.494 e. The van der Waals surface area contributed by atoms with Crippen LogP contribution in [0.3, 0.4) is 0 Å². The summed E-state index contributed by atoms with van der Waals surface area (Å²) in [4.78, 5) is 19.4. The first-order valence-electron chi connectivity index (χ1n) is 9.96. The molecule has 0 radical (unpaired) electrons. The molecule has 1 aliphatic heterocycles. The Hall–Kier alpha value is -3.09. The van der Waals surface area contributed by atoms with Crippen molar-refractivity contribution in [3.8, 4) is 17.4 Å². The predicted molar refractivity (Wildman–Crippen MR) is 108 cm³/mol. The molecule has 1 saturated heterocycles. The SMILES string of the molecule is COc1cc([C@H]2C[C@H]2c2cnc(-c3ncccn3)nc2)cc(N2CCCC2)c1F. The van der Waals surface area contributed by atoms with E-state index in [4.69, 9.17) is 4.74 Å². The number of rotatable bonds is 5. The fourth-order valence-corrected chi connectivity index (χ4v) is 4.15. The fourth-order valence-electron chi connectivity index (χ4n) is 4.15. The number of ether oxygens (including phenoxy) is 1. The quantitative estimate of drug-likeness (QED) is 0.656. The van der Waals surface area contributed by atoms with Crippen LogP contribution in [-0.2, 0) is 0 Å². The van der Waals surface area contributed by atoms with Gasteiger partial charge in [0, 0.05) is 37.9 Å². The summed E-state index contributed by atoms with van der Waals surface area (Å²) in [5, 5.41) is 0. The Bertz CT molecular complexity index is 1010. The lowest BCUT2D eigenvalue weighted by Gasteiger charge is -2.21. The first kappa shape index (κ1) is 18.0. The van der Waals surface area contributed by atoms with Crippen LogP contribution in [0.25, 0.3) is 11.6 Å². The average Bonchev–Trinajstić information content (AvgIpc) is 3.39. The molecule has 1 aliphatic carbocycles. The van der Waals surface area contributed by atoms with Gasteiger partial charge < -0.3 is 9.64 Å². The maximum atomic E-state index is 14.8. The Morgan fingerprint density at radius 1 is 0.931 bits per heavy atom. The molecule has 0 N–H and O–H groups in total. The summed E-state index contributed by atoms with van der Waals surface area (Å²) in [6.45, 7) is 1.79. The third-order valence-corrected chi connectivity index (χ3v) is 5.79. The molecular formula is C22H22FN5O. The number of nitrogens with zero attached hydrogens (tertiary/aromatic N) is 5. The van der Waals surface area contributed by atoms with Crippen LogP contribution in [-0.4, -0.2) is 40.1 Å². The first-order chi connectivity index (χ1) is 14.2. The molecule has 5 rings (SSSR count). The average molecular weight is 391 g/mol. The highest BCUT2D eigenvalue weighted by Gasteiger charge is 2.41. The van der Waals surface area contributed by atoms with Gasteiger partial charge in [0.25, 0.3) is 0 Å². The highest BCUT2D eigenvalue weighted by molar-refractivity contribution is 5.58. The van der Waals surface area contributed by atoms with Crippen LogP contribution in [0, 0.1) is 5.82 Å². The zero-order chi connectivity index (χ0) is 19.8. The Morgan fingerprint density at radius 3 is 2.28 bits per heavy atom. The van der Waals surface area contributed by atoms with E-state index >= 15 is 0 Å². The maximum Gasteiger partial charge on any atom is 0.197 e. The molecule has 148 valence electrons. The molecule has 6 nitrogen and oxygen atoms in total. The topological polar surface area (TPSA) is 64.0 Å². The van der Waals surface area contributed by atoms with Crippen molar-refractivity contribution >= 4 is 5.69 Å². The summed E-state index contributed by atoms with van der Waals surface area (Å²) in [6, 6.07) is 5.60. The summed E-state index contributed by atoms with van der Waals surface area (Å²) in [5.74, 6) is 1.76. The number of benzene rings is 1. The summed E-state index contributed by atoms with van der Waals surface area (Å²) < 4.78 is 20.1. The largest absolute Gasteiger partial charge is 0.494 e. The number of halogens is 1. The Labute approximate surface area is 168 Å². The van der Waals surface area contributed by atoms with Crippen molar-refractivity contribution in [1.82, 2.24) is 19.9 Å². The van der Waals surface area contributed by atoms with Gasteiger partial charge >= 0.3 is 0 Å². The van der Waals surface area contributed by atoms with Crippen molar-refractivity contribution in [3.05, 3.63) is 59.9 Å². The van der Waals surface area contributed by atoms with Crippen molar-refractivity contribution < 1.29 is 9.13 Å². The highest BCUT2D eigenvalue weighted by atomic mass is 19.1. The van der Waals surface area contributed by atoms with Crippen LogP contribution in [0.4, 0.5) is 10.1 Å². The highest BCUT2D eigenvalue weighted by Crippen LogP contribution is 2.55. The van der Waals surface area contributed by atoms with E-state index in [9.17, 15) is 4.39 Å². The van der Waals surface area contributed by atoms with Crippen LogP contribution >= 0.6 is 0 Å². The first-order valence-corrected chi connectivity index (χ1v) is 9.96. The molecule has 3 heterocycles. The van der Waals surface area contributed by atoms with Crippen molar-refractivity contribution in [2.75, 3.05) is 25.1 Å². The van der Waals surface area contributed by atoms with Gasteiger partial charge in [-0.05, 0) is 60.4 Å². The van der Waals surface area contributed by atoms with Gasteiger partial charge in [0.1, 0.15) is 0 Å². The minimum atomic E-state index is -0.258. The number of anilines is 1. The molecule has 0 unspecified atom stereocenters. The molecule has 2 aliphatic rings. The van der Waals surface area contributed by atoms with Gasteiger partial charge in [-0.25, -0.2) is 24.3 Å². The van der Waals surface area contributed by atoms with Gasteiger partial charge in [0.2, 0.25) is 0 Å². The van der Waals surface area contributed by atoms with Crippen molar-refractivity contribution in [2.24, 2.45) is 0 Å². The maximum absolute atomic E-state index is 14.8. The molecule has 1 aromatic carbocycles. The predicted octanol–water partition coefficient (Wildman–Crippen LogP) is 3.95. The van der Waals surface area contributed by atoms with E-state index in [1.807, 2.05) is 24.5 Å². The van der Waals surface area contributed by atoms with E-state index < -0.39 is 0 Å². The van der Waals surface area contributed by atoms with Gasteiger partial charge in [0.15, 0.2) is 23.2 Å².